The van der Waals surface area contributed by atoms with E-state index in [1.165, 1.54) is 23.0 Å². The SMILES string of the molecule is CCNC(=NCC1Cc2ccccc21)N1CCN(C(C)C(F)(F)F)CC1.I. The summed E-state index contributed by atoms with van der Waals surface area (Å²) in [6.07, 6.45) is -3.12. The van der Waals surface area contributed by atoms with Crippen LogP contribution in [-0.4, -0.2) is 67.2 Å². The first-order valence-electron chi connectivity index (χ1n) is 9.32. The largest absolute Gasteiger partial charge is 0.403 e. The number of aliphatic imine (C=N–C) groups is 1. The highest BCUT2D eigenvalue weighted by Gasteiger charge is 2.41. The van der Waals surface area contributed by atoms with Crippen LogP contribution < -0.4 is 5.32 Å². The molecule has 0 saturated carbocycles. The summed E-state index contributed by atoms with van der Waals surface area (Å²) < 4.78 is 38.7. The van der Waals surface area contributed by atoms with E-state index in [1.54, 1.807) is 0 Å². The van der Waals surface area contributed by atoms with E-state index < -0.39 is 12.2 Å². The molecule has 3 rings (SSSR count). The molecular weight excluding hydrogens is 468 g/mol. The second kappa shape index (κ2) is 9.45. The van der Waals surface area contributed by atoms with Crippen LogP contribution in [0.5, 0.6) is 0 Å². The fourth-order valence-electron chi connectivity index (χ4n) is 3.68. The van der Waals surface area contributed by atoms with Crippen molar-refractivity contribution in [1.82, 2.24) is 15.1 Å². The summed E-state index contributed by atoms with van der Waals surface area (Å²) in [5, 5.41) is 3.29. The molecule has 0 bridgehead atoms. The Kier molecular flexibility index (Phi) is 7.79. The minimum absolute atomic E-state index is 0. The molecule has 0 amide bonds. The first-order chi connectivity index (χ1) is 12.4. The topological polar surface area (TPSA) is 30.9 Å². The number of rotatable bonds is 4. The van der Waals surface area contributed by atoms with Gasteiger partial charge in [0.15, 0.2) is 5.96 Å². The predicted octanol–water partition coefficient (Wildman–Crippen LogP) is 3.48. The Balaban J connectivity index is 0.00000261. The van der Waals surface area contributed by atoms with E-state index in [9.17, 15) is 13.2 Å². The van der Waals surface area contributed by atoms with Crippen LogP contribution in [0.15, 0.2) is 29.3 Å². The van der Waals surface area contributed by atoms with E-state index in [0.717, 1.165) is 25.5 Å². The van der Waals surface area contributed by atoms with E-state index in [4.69, 9.17) is 4.99 Å². The lowest BCUT2D eigenvalue weighted by Crippen LogP contribution is -2.56. The van der Waals surface area contributed by atoms with Crippen LogP contribution in [0.3, 0.4) is 0 Å². The maximum absolute atomic E-state index is 12.9. The van der Waals surface area contributed by atoms with Crippen molar-refractivity contribution >= 4 is 29.9 Å². The number of piperazine rings is 1. The van der Waals surface area contributed by atoms with Crippen molar-refractivity contribution in [3.63, 3.8) is 0 Å². The first kappa shape index (κ1) is 22.3. The van der Waals surface area contributed by atoms with Crippen molar-refractivity contribution in [2.24, 2.45) is 4.99 Å². The van der Waals surface area contributed by atoms with Crippen molar-refractivity contribution in [3.05, 3.63) is 35.4 Å². The zero-order valence-corrected chi connectivity index (χ0v) is 18.1. The molecule has 0 aromatic heterocycles. The maximum Gasteiger partial charge on any atom is 0.403 e. The van der Waals surface area contributed by atoms with Gasteiger partial charge in [-0.25, -0.2) is 0 Å². The van der Waals surface area contributed by atoms with Crippen LogP contribution in [0, 0.1) is 0 Å². The van der Waals surface area contributed by atoms with Gasteiger partial charge in [-0.15, -0.1) is 24.0 Å². The van der Waals surface area contributed by atoms with E-state index in [2.05, 4.69) is 34.5 Å². The Labute approximate surface area is 176 Å². The van der Waals surface area contributed by atoms with Crippen molar-refractivity contribution in [2.75, 3.05) is 39.3 Å². The van der Waals surface area contributed by atoms with Crippen LogP contribution in [-0.2, 0) is 6.42 Å². The van der Waals surface area contributed by atoms with Gasteiger partial charge in [0.2, 0.25) is 0 Å². The third-order valence-electron chi connectivity index (χ3n) is 5.39. The molecule has 2 atom stereocenters. The fraction of sp³-hybridized carbons (Fsp3) is 0.632. The molecule has 1 fully saturated rings. The van der Waals surface area contributed by atoms with Gasteiger partial charge in [-0.05, 0) is 31.4 Å². The van der Waals surface area contributed by atoms with Crippen LogP contribution in [0.1, 0.15) is 30.9 Å². The maximum atomic E-state index is 12.9. The summed E-state index contributed by atoms with van der Waals surface area (Å²) in [5.74, 6) is 1.27. The highest BCUT2D eigenvalue weighted by Crippen LogP contribution is 2.34. The molecule has 2 aliphatic rings. The quantitative estimate of drug-likeness (QED) is 0.394. The minimum atomic E-state index is -4.17. The van der Waals surface area contributed by atoms with Gasteiger partial charge >= 0.3 is 6.18 Å². The van der Waals surface area contributed by atoms with Gasteiger partial charge in [0, 0.05) is 45.2 Å². The number of nitrogens with zero attached hydrogens (tertiary/aromatic N) is 3. The standard InChI is InChI=1S/C19H27F3N4.HI/c1-3-23-18(24-13-16-12-15-6-4-5-7-17(15)16)26-10-8-25(9-11-26)14(2)19(20,21)22;/h4-7,14,16H,3,8-13H2,1-2H3,(H,23,24);1H. The van der Waals surface area contributed by atoms with Gasteiger partial charge in [-0.1, -0.05) is 24.3 Å². The van der Waals surface area contributed by atoms with Gasteiger partial charge in [0.05, 0.1) is 0 Å². The third-order valence-corrected chi connectivity index (χ3v) is 5.39. The fourth-order valence-corrected chi connectivity index (χ4v) is 3.68. The summed E-state index contributed by atoms with van der Waals surface area (Å²) in [5.41, 5.74) is 2.77. The van der Waals surface area contributed by atoms with Gasteiger partial charge in [0.1, 0.15) is 6.04 Å². The number of halogens is 4. The number of benzene rings is 1. The molecule has 4 nitrogen and oxygen atoms in total. The lowest BCUT2D eigenvalue weighted by atomic mass is 9.78. The Bertz CT molecular complexity index is 642. The molecule has 27 heavy (non-hydrogen) atoms. The highest BCUT2D eigenvalue weighted by molar-refractivity contribution is 14.0. The van der Waals surface area contributed by atoms with Crippen LogP contribution in [0.25, 0.3) is 0 Å². The smallest absolute Gasteiger partial charge is 0.357 e. The third kappa shape index (κ3) is 5.28. The van der Waals surface area contributed by atoms with E-state index >= 15 is 0 Å². The van der Waals surface area contributed by atoms with Gasteiger partial charge in [-0.2, -0.15) is 13.2 Å². The number of hydrogen-bond donors (Lipinski definition) is 1. The van der Waals surface area contributed by atoms with Crippen LogP contribution in [0.2, 0.25) is 0 Å². The molecule has 152 valence electrons. The number of alkyl halides is 3. The molecule has 1 aliphatic carbocycles. The van der Waals surface area contributed by atoms with Crippen LogP contribution >= 0.6 is 24.0 Å². The predicted molar refractivity (Wildman–Crippen MR) is 113 cm³/mol. The van der Waals surface area contributed by atoms with Crippen molar-refractivity contribution < 1.29 is 13.2 Å². The summed E-state index contributed by atoms with van der Waals surface area (Å²) in [7, 11) is 0. The summed E-state index contributed by atoms with van der Waals surface area (Å²) in [6.45, 7) is 6.65. The van der Waals surface area contributed by atoms with Gasteiger partial charge in [0.25, 0.3) is 0 Å². The average Bonchev–Trinajstić information content (AvgIpc) is 2.60. The van der Waals surface area contributed by atoms with E-state index in [0.29, 0.717) is 32.1 Å². The Hall–Kier alpha value is -1.03. The Morgan fingerprint density at radius 1 is 1.22 bits per heavy atom. The molecule has 1 N–H and O–H groups in total. The zero-order chi connectivity index (χ0) is 18.7. The summed E-state index contributed by atoms with van der Waals surface area (Å²) in [4.78, 5) is 8.35. The number of guanidine groups is 1. The molecule has 1 aromatic carbocycles. The zero-order valence-electron chi connectivity index (χ0n) is 15.8. The van der Waals surface area contributed by atoms with Crippen molar-refractivity contribution in [1.29, 1.82) is 0 Å². The molecule has 0 spiro atoms. The number of fused-ring (bicyclic) bond motifs is 1. The summed E-state index contributed by atoms with van der Waals surface area (Å²) in [6, 6.07) is 7.03. The number of nitrogens with one attached hydrogen (secondary N) is 1. The second-order valence-electron chi connectivity index (χ2n) is 7.04. The molecule has 2 unspecified atom stereocenters. The second-order valence-corrected chi connectivity index (χ2v) is 7.04. The van der Waals surface area contributed by atoms with Gasteiger partial charge in [-0.3, -0.25) is 9.89 Å². The van der Waals surface area contributed by atoms with E-state index in [-0.39, 0.29) is 24.0 Å². The van der Waals surface area contributed by atoms with Gasteiger partial charge < -0.3 is 10.2 Å². The lowest BCUT2D eigenvalue weighted by molar-refractivity contribution is -0.181. The first-order valence-corrected chi connectivity index (χ1v) is 9.32. The molecule has 1 aromatic rings. The number of hydrogen-bond acceptors (Lipinski definition) is 2. The molecule has 1 heterocycles. The lowest BCUT2D eigenvalue weighted by Gasteiger charge is -2.40. The van der Waals surface area contributed by atoms with E-state index in [1.807, 2.05) is 6.92 Å². The summed E-state index contributed by atoms with van der Waals surface area (Å²) >= 11 is 0. The monoisotopic (exact) mass is 496 g/mol. The average molecular weight is 496 g/mol. The molecule has 1 saturated heterocycles. The van der Waals surface area contributed by atoms with Crippen LogP contribution in [0.4, 0.5) is 13.2 Å². The minimum Gasteiger partial charge on any atom is -0.357 e. The highest BCUT2D eigenvalue weighted by atomic mass is 127. The normalized spacial score (nSPS) is 21.7. The Morgan fingerprint density at radius 2 is 1.89 bits per heavy atom. The molecular formula is C19H28F3IN4. The molecule has 8 heteroatoms. The molecule has 1 aliphatic heterocycles. The van der Waals surface area contributed by atoms with Crippen molar-refractivity contribution in [3.8, 4) is 0 Å². The Morgan fingerprint density at radius 3 is 2.48 bits per heavy atom. The van der Waals surface area contributed by atoms with Crippen molar-refractivity contribution in [2.45, 2.75) is 38.4 Å². The molecule has 0 radical (unpaired) electrons.